The molecule has 88 valence electrons. The molecular formula is C10H11N5O2. The number of nitrogens with zero attached hydrogens (tertiary/aromatic N) is 2. The van der Waals surface area contributed by atoms with Crippen LogP contribution in [0.3, 0.4) is 0 Å². The Morgan fingerprint density at radius 2 is 2.24 bits per heavy atom. The molecule has 0 saturated carbocycles. The second-order valence-corrected chi connectivity index (χ2v) is 3.51. The number of hydrogen-bond donors (Lipinski definition) is 3. The van der Waals surface area contributed by atoms with Gasteiger partial charge in [0, 0.05) is 18.9 Å². The van der Waals surface area contributed by atoms with Crippen molar-refractivity contribution in [2.45, 2.75) is 13.5 Å². The quantitative estimate of drug-likeness (QED) is 0.679. The molecule has 0 saturated heterocycles. The van der Waals surface area contributed by atoms with Gasteiger partial charge in [-0.25, -0.2) is 9.89 Å². The van der Waals surface area contributed by atoms with E-state index in [1.165, 1.54) is 0 Å². The van der Waals surface area contributed by atoms with Crippen LogP contribution in [0.15, 0.2) is 28.0 Å². The number of aromatic amines is 2. The molecule has 2 aromatic heterocycles. The van der Waals surface area contributed by atoms with Crippen LogP contribution in [0.1, 0.15) is 11.1 Å². The molecule has 0 aliphatic heterocycles. The Balaban J connectivity index is 2.16. The molecule has 0 aliphatic rings. The fraction of sp³-hybridized carbons (Fsp3) is 0.200. The van der Waals surface area contributed by atoms with Crippen molar-refractivity contribution in [3.63, 3.8) is 0 Å². The van der Waals surface area contributed by atoms with Gasteiger partial charge in [0.15, 0.2) is 0 Å². The summed E-state index contributed by atoms with van der Waals surface area (Å²) in [5, 5.41) is 8.59. The number of H-pyrrole nitrogens is 2. The summed E-state index contributed by atoms with van der Waals surface area (Å²) in [4.78, 5) is 28.2. The first-order valence-electron chi connectivity index (χ1n) is 4.99. The highest BCUT2D eigenvalue weighted by Crippen LogP contribution is 2.05. The molecule has 2 heterocycles. The molecule has 0 unspecified atom stereocenters. The van der Waals surface area contributed by atoms with Gasteiger partial charge in [-0.05, 0) is 24.1 Å². The molecule has 0 amide bonds. The van der Waals surface area contributed by atoms with Gasteiger partial charge in [0.1, 0.15) is 0 Å². The van der Waals surface area contributed by atoms with E-state index in [2.05, 4.69) is 25.5 Å². The van der Waals surface area contributed by atoms with E-state index in [1.807, 2.05) is 13.0 Å². The van der Waals surface area contributed by atoms with E-state index in [-0.39, 0.29) is 5.82 Å². The van der Waals surface area contributed by atoms with Gasteiger partial charge in [-0.1, -0.05) is 0 Å². The molecule has 0 aliphatic carbocycles. The predicted octanol–water partition coefficient (Wildman–Crippen LogP) is -0.226. The van der Waals surface area contributed by atoms with Gasteiger partial charge in [0.2, 0.25) is 5.82 Å². The summed E-state index contributed by atoms with van der Waals surface area (Å²) in [6.45, 7) is 2.37. The predicted molar refractivity (Wildman–Crippen MR) is 61.8 cm³/mol. The first kappa shape index (κ1) is 11.1. The van der Waals surface area contributed by atoms with Gasteiger partial charge in [-0.15, -0.1) is 5.10 Å². The Morgan fingerprint density at radius 3 is 2.94 bits per heavy atom. The molecule has 0 radical (unpaired) electrons. The second kappa shape index (κ2) is 4.60. The highest BCUT2D eigenvalue weighted by atomic mass is 16.2. The molecule has 0 bridgehead atoms. The van der Waals surface area contributed by atoms with Crippen LogP contribution in [-0.2, 0) is 6.54 Å². The monoisotopic (exact) mass is 233 g/mol. The third kappa shape index (κ3) is 2.57. The minimum absolute atomic E-state index is 0.0767. The lowest BCUT2D eigenvalue weighted by Gasteiger charge is -2.05. The molecule has 2 aromatic rings. The lowest BCUT2D eigenvalue weighted by molar-refractivity contribution is 0.881. The smallest absolute Gasteiger partial charge is 0.342 e. The molecule has 2 rings (SSSR count). The van der Waals surface area contributed by atoms with E-state index in [0.29, 0.717) is 6.54 Å². The summed E-state index contributed by atoms with van der Waals surface area (Å²) in [5.41, 5.74) is 0.849. The number of aromatic nitrogens is 4. The van der Waals surface area contributed by atoms with Gasteiger partial charge < -0.3 is 5.32 Å². The van der Waals surface area contributed by atoms with E-state index in [1.54, 1.807) is 12.4 Å². The second-order valence-electron chi connectivity index (χ2n) is 3.51. The zero-order chi connectivity index (χ0) is 12.3. The summed E-state index contributed by atoms with van der Waals surface area (Å²) in [6, 6.07) is 1.88. The summed E-state index contributed by atoms with van der Waals surface area (Å²) in [5.74, 6) is 0.0767. The van der Waals surface area contributed by atoms with E-state index in [0.717, 1.165) is 11.1 Å². The Morgan fingerprint density at radius 1 is 1.41 bits per heavy atom. The van der Waals surface area contributed by atoms with Crippen molar-refractivity contribution in [3.8, 4) is 0 Å². The molecule has 7 nitrogen and oxygen atoms in total. The first-order chi connectivity index (χ1) is 8.16. The Hall–Kier alpha value is -2.44. The average molecular weight is 233 g/mol. The van der Waals surface area contributed by atoms with Crippen LogP contribution >= 0.6 is 0 Å². The number of pyridine rings is 1. The highest BCUT2D eigenvalue weighted by molar-refractivity contribution is 5.32. The van der Waals surface area contributed by atoms with E-state index in [9.17, 15) is 9.59 Å². The van der Waals surface area contributed by atoms with Crippen molar-refractivity contribution in [2.75, 3.05) is 5.32 Å². The molecule has 0 spiro atoms. The molecule has 3 N–H and O–H groups in total. The molecule has 0 fully saturated rings. The van der Waals surface area contributed by atoms with Crippen molar-refractivity contribution < 1.29 is 0 Å². The van der Waals surface area contributed by atoms with Crippen LogP contribution in [0, 0.1) is 6.92 Å². The van der Waals surface area contributed by atoms with Gasteiger partial charge in [0.05, 0.1) is 0 Å². The summed E-state index contributed by atoms with van der Waals surface area (Å²) in [6.07, 6.45) is 3.41. The lowest BCUT2D eigenvalue weighted by Crippen LogP contribution is -2.26. The highest BCUT2D eigenvalue weighted by Gasteiger charge is 2.02. The number of anilines is 1. The van der Waals surface area contributed by atoms with Gasteiger partial charge in [-0.3, -0.25) is 14.8 Å². The third-order valence-corrected chi connectivity index (χ3v) is 2.31. The standard InChI is InChI=1S/C10H11N5O2/c1-6-2-3-11-4-7(6)5-12-8-9(16)13-10(17)15-14-8/h2-4H,5H2,1H3,(H,12,14)(H2,13,15,16,17). The fourth-order valence-corrected chi connectivity index (χ4v) is 1.33. The maximum absolute atomic E-state index is 11.3. The lowest BCUT2D eigenvalue weighted by atomic mass is 10.2. The van der Waals surface area contributed by atoms with Crippen LogP contribution < -0.4 is 16.6 Å². The minimum atomic E-state index is -0.627. The van der Waals surface area contributed by atoms with Crippen molar-refractivity contribution in [2.24, 2.45) is 0 Å². The van der Waals surface area contributed by atoms with E-state index in [4.69, 9.17) is 0 Å². The first-order valence-corrected chi connectivity index (χ1v) is 4.99. The fourth-order valence-electron chi connectivity index (χ4n) is 1.33. The largest absolute Gasteiger partial charge is 0.360 e. The van der Waals surface area contributed by atoms with Crippen LogP contribution in [0.25, 0.3) is 0 Å². The number of hydrogen-bond acceptors (Lipinski definition) is 5. The van der Waals surface area contributed by atoms with Crippen molar-refractivity contribution in [1.82, 2.24) is 20.2 Å². The van der Waals surface area contributed by atoms with E-state index < -0.39 is 11.2 Å². The Bertz CT molecular complexity index is 631. The molecule has 0 atom stereocenters. The molecule has 0 aromatic carbocycles. The van der Waals surface area contributed by atoms with Crippen molar-refractivity contribution >= 4 is 5.82 Å². The topological polar surface area (TPSA) is 104 Å². The van der Waals surface area contributed by atoms with Crippen LogP contribution in [0.2, 0.25) is 0 Å². The van der Waals surface area contributed by atoms with Crippen LogP contribution in [-0.4, -0.2) is 20.2 Å². The van der Waals surface area contributed by atoms with Gasteiger partial charge in [0.25, 0.3) is 5.56 Å². The number of rotatable bonds is 3. The SMILES string of the molecule is Cc1ccncc1CNc1n[nH]c(=O)[nH]c1=O. The summed E-state index contributed by atoms with van der Waals surface area (Å²) in [7, 11) is 0. The third-order valence-electron chi connectivity index (χ3n) is 2.31. The average Bonchev–Trinajstić information content (AvgIpc) is 2.30. The van der Waals surface area contributed by atoms with Gasteiger partial charge in [-0.2, -0.15) is 0 Å². The van der Waals surface area contributed by atoms with Gasteiger partial charge >= 0.3 is 5.69 Å². The zero-order valence-electron chi connectivity index (χ0n) is 9.15. The van der Waals surface area contributed by atoms with Crippen molar-refractivity contribution in [1.29, 1.82) is 0 Å². The zero-order valence-corrected chi connectivity index (χ0v) is 9.15. The van der Waals surface area contributed by atoms with Crippen LogP contribution in [0.4, 0.5) is 5.82 Å². The number of nitrogens with one attached hydrogen (secondary N) is 3. The van der Waals surface area contributed by atoms with Crippen LogP contribution in [0.5, 0.6) is 0 Å². The minimum Gasteiger partial charge on any atom is -0.360 e. The molecule has 17 heavy (non-hydrogen) atoms. The Labute approximate surface area is 95.9 Å². The molecular weight excluding hydrogens is 222 g/mol. The Kier molecular flexibility index (Phi) is 2.99. The number of aryl methyl sites for hydroxylation is 1. The molecule has 7 heteroatoms. The summed E-state index contributed by atoms with van der Waals surface area (Å²) >= 11 is 0. The van der Waals surface area contributed by atoms with Crippen molar-refractivity contribution in [3.05, 3.63) is 50.4 Å². The van der Waals surface area contributed by atoms with E-state index >= 15 is 0 Å². The maximum Gasteiger partial charge on any atom is 0.342 e. The normalized spacial score (nSPS) is 10.2. The summed E-state index contributed by atoms with van der Waals surface area (Å²) < 4.78 is 0. The maximum atomic E-state index is 11.3.